The lowest BCUT2D eigenvalue weighted by atomic mass is 10.3. The summed E-state index contributed by atoms with van der Waals surface area (Å²) >= 11 is 3.37. The first kappa shape index (κ1) is 9.18. The third-order valence-electron chi connectivity index (χ3n) is 2.22. The van der Waals surface area contributed by atoms with Crippen LogP contribution in [0.2, 0.25) is 0 Å². The van der Waals surface area contributed by atoms with Crippen LogP contribution in [0.15, 0.2) is 33.6 Å². The van der Waals surface area contributed by atoms with E-state index in [0.29, 0.717) is 6.54 Å². The van der Waals surface area contributed by atoms with Crippen molar-refractivity contribution in [3.63, 3.8) is 0 Å². The minimum atomic E-state index is -0.0380. The first-order valence-electron chi connectivity index (χ1n) is 4.60. The van der Waals surface area contributed by atoms with Crippen LogP contribution in [-0.4, -0.2) is 22.5 Å². The molecule has 0 N–H and O–H groups in total. The largest absolute Gasteiger partial charge is 0.317 e. The van der Waals surface area contributed by atoms with Gasteiger partial charge in [0.15, 0.2) is 5.17 Å². The summed E-state index contributed by atoms with van der Waals surface area (Å²) in [7, 11) is 0. The predicted molar refractivity (Wildman–Crippen MR) is 62.8 cm³/mol. The molecule has 0 atom stereocenters. The number of carbonyl (C=O) groups excluding carboxylic acids is 1. The van der Waals surface area contributed by atoms with Crippen LogP contribution in [0.3, 0.4) is 0 Å². The van der Waals surface area contributed by atoms with Crippen molar-refractivity contribution in [2.24, 2.45) is 4.99 Å². The first-order chi connectivity index (χ1) is 7.31. The summed E-state index contributed by atoms with van der Waals surface area (Å²) in [6.07, 6.45) is 2.99. The summed E-state index contributed by atoms with van der Waals surface area (Å²) in [5.41, 5.74) is 0. The number of thiophene rings is 1. The Hall–Kier alpha value is -1.07. The van der Waals surface area contributed by atoms with Gasteiger partial charge < -0.3 is 4.90 Å². The minimum Gasteiger partial charge on any atom is -0.317 e. The standard InChI is InChI=1S/C10H8N2OS2/c13-9-6-12-5-8(15-10(12)11-9)4-7-2-1-3-14-7/h1-3,5H,4,6H2. The number of hydrogen-bond acceptors (Lipinski definition) is 4. The van der Waals surface area contributed by atoms with Crippen LogP contribution in [0.1, 0.15) is 4.88 Å². The van der Waals surface area contributed by atoms with Gasteiger partial charge in [-0.05, 0) is 11.4 Å². The molecule has 0 aliphatic carbocycles. The maximum Gasteiger partial charge on any atom is 0.268 e. The lowest BCUT2D eigenvalue weighted by molar-refractivity contribution is -0.116. The highest BCUT2D eigenvalue weighted by Crippen LogP contribution is 2.33. The number of fused-ring (bicyclic) bond motifs is 1. The molecule has 3 rings (SSSR count). The molecule has 0 radical (unpaired) electrons. The number of nitrogens with zero attached hydrogens (tertiary/aromatic N) is 2. The number of amides is 1. The fourth-order valence-electron chi connectivity index (χ4n) is 1.59. The third-order valence-corrected chi connectivity index (χ3v) is 4.12. The summed E-state index contributed by atoms with van der Waals surface area (Å²) in [5, 5.41) is 2.92. The fourth-order valence-corrected chi connectivity index (χ4v) is 3.43. The van der Waals surface area contributed by atoms with E-state index in [1.165, 1.54) is 9.78 Å². The second-order valence-corrected chi connectivity index (χ2v) is 5.50. The van der Waals surface area contributed by atoms with Crippen LogP contribution in [-0.2, 0) is 11.2 Å². The van der Waals surface area contributed by atoms with Crippen LogP contribution >= 0.6 is 23.1 Å². The van der Waals surface area contributed by atoms with E-state index in [1.807, 2.05) is 11.1 Å². The number of aliphatic imine (C=N–C) groups is 1. The van der Waals surface area contributed by atoms with Gasteiger partial charge in [-0.2, -0.15) is 4.99 Å². The topological polar surface area (TPSA) is 32.7 Å². The van der Waals surface area contributed by atoms with Crippen molar-refractivity contribution in [2.75, 3.05) is 6.54 Å². The number of hydrogen-bond donors (Lipinski definition) is 0. The Morgan fingerprint density at radius 1 is 1.53 bits per heavy atom. The number of rotatable bonds is 2. The molecule has 5 heteroatoms. The van der Waals surface area contributed by atoms with E-state index in [2.05, 4.69) is 22.5 Å². The van der Waals surface area contributed by atoms with Gasteiger partial charge in [-0.1, -0.05) is 17.8 Å². The maximum absolute atomic E-state index is 11.0. The summed E-state index contributed by atoms with van der Waals surface area (Å²) in [5.74, 6) is -0.0380. The van der Waals surface area contributed by atoms with E-state index < -0.39 is 0 Å². The summed E-state index contributed by atoms with van der Waals surface area (Å²) in [6.45, 7) is 0.413. The highest BCUT2D eigenvalue weighted by atomic mass is 32.2. The van der Waals surface area contributed by atoms with Gasteiger partial charge in [0.25, 0.3) is 5.91 Å². The third kappa shape index (κ3) is 1.72. The number of allylic oxidation sites excluding steroid dienone is 1. The van der Waals surface area contributed by atoms with Crippen molar-refractivity contribution in [3.8, 4) is 0 Å². The van der Waals surface area contributed by atoms with E-state index in [1.54, 1.807) is 23.1 Å². The van der Waals surface area contributed by atoms with Crippen LogP contribution in [0.5, 0.6) is 0 Å². The lowest BCUT2D eigenvalue weighted by Crippen LogP contribution is -2.16. The molecule has 2 aliphatic heterocycles. The van der Waals surface area contributed by atoms with Gasteiger partial charge in [0, 0.05) is 22.4 Å². The molecule has 15 heavy (non-hydrogen) atoms. The smallest absolute Gasteiger partial charge is 0.268 e. The second-order valence-electron chi connectivity index (χ2n) is 3.37. The molecule has 0 fully saturated rings. The molecule has 3 heterocycles. The molecule has 1 aromatic heterocycles. The molecule has 0 bridgehead atoms. The average Bonchev–Trinajstić information content (AvgIpc) is 2.81. The molecule has 1 aromatic rings. The monoisotopic (exact) mass is 236 g/mol. The zero-order chi connectivity index (χ0) is 10.3. The van der Waals surface area contributed by atoms with E-state index >= 15 is 0 Å². The molecule has 0 unspecified atom stereocenters. The summed E-state index contributed by atoms with van der Waals surface area (Å²) < 4.78 is 0. The molecular weight excluding hydrogens is 228 g/mol. The van der Waals surface area contributed by atoms with Gasteiger partial charge in [-0.15, -0.1) is 11.3 Å². The van der Waals surface area contributed by atoms with Crippen LogP contribution < -0.4 is 0 Å². The zero-order valence-corrected chi connectivity index (χ0v) is 9.48. The molecule has 0 saturated heterocycles. The molecule has 0 aromatic carbocycles. The van der Waals surface area contributed by atoms with Gasteiger partial charge in [0.2, 0.25) is 0 Å². The van der Waals surface area contributed by atoms with Gasteiger partial charge in [-0.25, -0.2) is 0 Å². The Balaban J connectivity index is 1.74. The van der Waals surface area contributed by atoms with Crippen molar-refractivity contribution in [3.05, 3.63) is 33.5 Å². The normalized spacial score (nSPS) is 19.2. The van der Waals surface area contributed by atoms with Gasteiger partial charge in [0.1, 0.15) is 6.54 Å². The van der Waals surface area contributed by atoms with Crippen molar-refractivity contribution >= 4 is 34.2 Å². The van der Waals surface area contributed by atoms with Gasteiger partial charge >= 0.3 is 0 Å². The van der Waals surface area contributed by atoms with E-state index in [-0.39, 0.29) is 5.91 Å². The SMILES string of the molecule is O=C1CN2C=C(Cc3cccs3)SC2=N1. The Morgan fingerprint density at radius 3 is 3.20 bits per heavy atom. The van der Waals surface area contributed by atoms with Gasteiger partial charge in [0.05, 0.1) is 0 Å². The van der Waals surface area contributed by atoms with Crippen LogP contribution in [0.25, 0.3) is 0 Å². The summed E-state index contributed by atoms with van der Waals surface area (Å²) in [6, 6.07) is 4.19. The molecule has 3 nitrogen and oxygen atoms in total. The number of thioether (sulfide) groups is 1. The highest BCUT2D eigenvalue weighted by molar-refractivity contribution is 8.17. The Morgan fingerprint density at radius 2 is 2.47 bits per heavy atom. The van der Waals surface area contributed by atoms with Crippen LogP contribution in [0.4, 0.5) is 0 Å². The molecule has 0 spiro atoms. The average molecular weight is 236 g/mol. The quantitative estimate of drug-likeness (QED) is 0.788. The minimum absolute atomic E-state index is 0.0380. The Bertz CT molecular complexity index is 462. The molecule has 76 valence electrons. The fraction of sp³-hybridized carbons (Fsp3) is 0.200. The van der Waals surface area contributed by atoms with Crippen molar-refractivity contribution < 1.29 is 4.79 Å². The zero-order valence-electron chi connectivity index (χ0n) is 7.84. The number of carbonyl (C=O) groups is 1. The first-order valence-corrected chi connectivity index (χ1v) is 6.30. The van der Waals surface area contributed by atoms with Gasteiger partial charge in [-0.3, -0.25) is 4.79 Å². The van der Waals surface area contributed by atoms with Crippen molar-refractivity contribution in [2.45, 2.75) is 6.42 Å². The second kappa shape index (κ2) is 3.50. The van der Waals surface area contributed by atoms with Crippen molar-refractivity contribution in [1.82, 2.24) is 4.90 Å². The Labute approximate surface area is 95.5 Å². The van der Waals surface area contributed by atoms with Crippen LogP contribution in [0, 0.1) is 0 Å². The summed E-state index contributed by atoms with van der Waals surface area (Å²) in [4.78, 5) is 19.5. The Kier molecular flexibility index (Phi) is 2.14. The maximum atomic E-state index is 11.0. The highest BCUT2D eigenvalue weighted by Gasteiger charge is 2.28. The van der Waals surface area contributed by atoms with E-state index in [0.717, 1.165) is 11.6 Å². The lowest BCUT2D eigenvalue weighted by Gasteiger charge is -2.02. The predicted octanol–water partition coefficient (Wildman–Crippen LogP) is 2.08. The van der Waals surface area contributed by atoms with E-state index in [4.69, 9.17) is 0 Å². The molecule has 2 aliphatic rings. The molecular formula is C10H8N2OS2. The van der Waals surface area contributed by atoms with Crippen molar-refractivity contribution in [1.29, 1.82) is 0 Å². The molecule has 0 saturated carbocycles. The number of amidine groups is 1. The van der Waals surface area contributed by atoms with E-state index in [9.17, 15) is 4.79 Å². The molecule has 1 amide bonds.